The number of anilines is 2. The van der Waals surface area contributed by atoms with Gasteiger partial charge in [0, 0.05) is 17.8 Å². The number of pyridine rings is 1. The van der Waals surface area contributed by atoms with E-state index in [0.717, 1.165) is 27.5 Å². The maximum absolute atomic E-state index is 6.06. The van der Waals surface area contributed by atoms with Crippen molar-refractivity contribution in [2.75, 3.05) is 11.1 Å². The SMILES string of the molecule is Cc1cccc(-c2nc(N)sc2-c2ccnc(NC3CCCCC3)c2)c1. The van der Waals surface area contributed by atoms with Crippen LogP contribution in [0, 0.1) is 6.92 Å². The predicted molar refractivity (Wildman–Crippen MR) is 110 cm³/mol. The minimum atomic E-state index is 0.536. The number of nitrogens with two attached hydrogens (primary N) is 1. The molecule has 1 fully saturated rings. The summed E-state index contributed by atoms with van der Waals surface area (Å²) < 4.78 is 0. The molecule has 1 aromatic carbocycles. The third kappa shape index (κ3) is 3.73. The number of aryl methyl sites for hydroxylation is 1. The van der Waals surface area contributed by atoms with Gasteiger partial charge in [0.05, 0.1) is 10.6 Å². The molecule has 0 bridgehead atoms. The van der Waals surface area contributed by atoms with E-state index >= 15 is 0 Å². The third-order valence-corrected chi connectivity index (χ3v) is 5.85. The zero-order valence-corrected chi connectivity index (χ0v) is 15.9. The van der Waals surface area contributed by atoms with Crippen molar-refractivity contribution in [3.8, 4) is 21.7 Å². The highest BCUT2D eigenvalue weighted by Crippen LogP contribution is 2.38. The first-order chi connectivity index (χ1) is 12.7. The van der Waals surface area contributed by atoms with Gasteiger partial charge in [-0.3, -0.25) is 0 Å². The van der Waals surface area contributed by atoms with E-state index in [2.05, 4.69) is 52.5 Å². The van der Waals surface area contributed by atoms with Gasteiger partial charge in [0.1, 0.15) is 5.82 Å². The van der Waals surface area contributed by atoms with Crippen molar-refractivity contribution in [3.63, 3.8) is 0 Å². The van der Waals surface area contributed by atoms with Crippen LogP contribution in [0.2, 0.25) is 0 Å². The quantitative estimate of drug-likeness (QED) is 0.641. The molecule has 134 valence electrons. The lowest BCUT2D eigenvalue weighted by Crippen LogP contribution is -2.22. The Morgan fingerprint density at radius 1 is 1.08 bits per heavy atom. The van der Waals surface area contributed by atoms with E-state index in [-0.39, 0.29) is 0 Å². The van der Waals surface area contributed by atoms with Crippen LogP contribution >= 0.6 is 11.3 Å². The molecule has 1 aliphatic rings. The largest absolute Gasteiger partial charge is 0.375 e. The van der Waals surface area contributed by atoms with Crippen LogP contribution in [0.1, 0.15) is 37.7 Å². The van der Waals surface area contributed by atoms with E-state index in [4.69, 9.17) is 5.73 Å². The second kappa shape index (κ2) is 7.46. The van der Waals surface area contributed by atoms with Crippen molar-refractivity contribution in [2.24, 2.45) is 0 Å². The molecule has 0 saturated heterocycles. The zero-order valence-electron chi connectivity index (χ0n) is 15.0. The number of hydrogen-bond donors (Lipinski definition) is 2. The fraction of sp³-hybridized carbons (Fsp3) is 0.333. The molecule has 1 aliphatic carbocycles. The summed E-state index contributed by atoms with van der Waals surface area (Å²) in [6.07, 6.45) is 8.30. The minimum Gasteiger partial charge on any atom is -0.375 e. The zero-order chi connectivity index (χ0) is 17.9. The summed E-state index contributed by atoms with van der Waals surface area (Å²) in [6.45, 7) is 2.09. The summed E-state index contributed by atoms with van der Waals surface area (Å²) in [6, 6.07) is 13.1. The highest BCUT2D eigenvalue weighted by atomic mass is 32.1. The molecular weight excluding hydrogens is 340 g/mol. The van der Waals surface area contributed by atoms with Crippen molar-refractivity contribution in [3.05, 3.63) is 48.2 Å². The number of nitrogens with zero attached hydrogens (tertiary/aromatic N) is 2. The smallest absolute Gasteiger partial charge is 0.181 e. The Balaban J connectivity index is 1.66. The summed E-state index contributed by atoms with van der Waals surface area (Å²) in [4.78, 5) is 10.2. The van der Waals surface area contributed by atoms with Crippen LogP contribution < -0.4 is 11.1 Å². The standard InChI is InChI=1S/C21H24N4S/c1-14-6-5-7-15(12-14)19-20(26-21(22)25-19)16-10-11-23-18(13-16)24-17-8-3-2-4-9-17/h5-7,10-13,17H,2-4,8-9H2,1H3,(H2,22,25)(H,23,24). The average Bonchev–Trinajstić information content (AvgIpc) is 3.05. The number of hydrogen-bond acceptors (Lipinski definition) is 5. The van der Waals surface area contributed by atoms with Crippen LogP contribution in [0.15, 0.2) is 42.6 Å². The summed E-state index contributed by atoms with van der Waals surface area (Å²) in [5.41, 5.74) is 10.4. The normalized spacial score (nSPS) is 15.1. The Morgan fingerprint density at radius 2 is 1.92 bits per heavy atom. The Morgan fingerprint density at radius 3 is 2.73 bits per heavy atom. The van der Waals surface area contributed by atoms with Gasteiger partial charge in [0.15, 0.2) is 5.13 Å². The summed E-state index contributed by atoms with van der Waals surface area (Å²) in [5.74, 6) is 0.941. The molecule has 0 atom stereocenters. The fourth-order valence-electron chi connectivity index (χ4n) is 3.63. The van der Waals surface area contributed by atoms with Crippen molar-refractivity contribution in [1.29, 1.82) is 0 Å². The number of benzene rings is 1. The lowest BCUT2D eigenvalue weighted by atomic mass is 9.95. The van der Waals surface area contributed by atoms with Crippen molar-refractivity contribution >= 4 is 22.3 Å². The molecule has 26 heavy (non-hydrogen) atoms. The van der Waals surface area contributed by atoms with E-state index in [9.17, 15) is 0 Å². The molecule has 3 N–H and O–H groups in total. The number of nitrogen functional groups attached to an aromatic ring is 1. The van der Waals surface area contributed by atoms with Crippen molar-refractivity contribution in [1.82, 2.24) is 9.97 Å². The second-order valence-electron chi connectivity index (χ2n) is 7.01. The topological polar surface area (TPSA) is 63.8 Å². The van der Waals surface area contributed by atoms with Gasteiger partial charge in [-0.05, 0) is 43.5 Å². The lowest BCUT2D eigenvalue weighted by Gasteiger charge is -2.23. The number of thiazole rings is 1. The van der Waals surface area contributed by atoms with Crippen LogP contribution in [0.3, 0.4) is 0 Å². The monoisotopic (exact) mass is 364 g/mol. The molecule has 2 heterocycles. The molecule has 0 amide bonds. The van der Waals surface area contributed by atoms with Crippen molar-refractivity contribution < 1.29 is 0 Å². The number of nitrogens with one attached hydrogen (secondary N) is 1. The molecule has 3 aromatic rings. The van der Waals surface area contributed by atoms with Gasteiger partial charge in [-0.2, -0.15) is 0 Å². The number of rotatable bonds is 4. The molecule has 1 saturated carbocycles. The van der Waals surface area contributed by atoms with Gasteiger partial charge in [0.2, 0.25) is 0 Å². The molecule has 5 heteroatoms. The van der Waals surface area contributed by atoms with Crippen LogP contribution in [0.4, 0.5) is 10.9 Å². The highest BCUT2D eigenvalue weighted by molar-refractivity contribution is 7.19. The third-order valence-electron chi connectivity index (χ3n) is 4.91. The summed E-state index contributed by atoms with van der Waals surface area (Å²) in [5, 5.41) is 4.20. The predicted octanol–water partition coefficient (Wildman–Crippen LogP) is 5.51. The second-order valence-corrected chi connectivity index (χ2v) is 8.04. The maximum Gasteiger partial charge on any atom is 0.181 e. The van der Waals surface area contributed by atoms with E-state index < -0.39 is 0 Å². The van der Waals surface area contributed by atoms with Gasteiger partial charge >= 0.3 is 0 Å². The van der Waals surface area contributed by atoms with Crippen LogP contribution in [0.5, 0.6) is 0 Å². The Labute approximate surface area is 158 Å². The van der Waals surface area contributed by atoms with Crippen LogP contribution in [-0.2, 0) is 0 Å². The van der Waals surface area contributed by atoms with E-state index in [0.29, 0.717) is 11.2 Å². The first-order valence-electron chi connectivity index (χ1n) is 9.25. The first kappa shape index (κ1) is 17.0. The molecule has 0 radical (unpaired) electrons. The molecule has 0 unspecified atom stereocenters. The van der Waals surface area contributed by atoms with Crippen LogP contribution in [-0.4, -0.2) is 16.0 Å². The van der Waals surface area contributed by atoms with E-state index in [1.807, 2.05) is 12.3 Å². The molecular formula is C21H24N4S. The van der Waals surface area contributed by atoms with E-state index in [1.54, 1.807) is 0 Å². The van der Waals surface area contributed by atoms with Gasteiger partial charge < -0.3 is 11.1 Å². The fourth-order valence-corrected chi connectivity index (χ4v) is 4.48. The molecule has 4 nitrogen and oxygen atoms in total. The maximum atomic E-state index is 6.06. The van der Waals surface area contributed by atoms with Crippen molar-refractivity contribution in [2.45, 2.75) is 45.1 Å². The molecule has 4 rings (SSSR count). The summed E-state index contributed by atoms with van der Waals surface area (Å²) in [7, 11) is 0. The van der Waals surface area contributed by atoms with Gasteiger partial charge in [0.25, 0.3) is 0 Å². The molecule has 2 aromatic heterocycles. The highest BCUT2D eigenvalue weighted by Gasteiger charge is 2.16. The van der Waals surface area contributed by atoms with Gasteiger partial charge in [-0.15, -0.1) is 0 Å². The Kier molecular flexibility index (Phi) is 4.89. The summed E-state index contributed by atoms with van der Waals surface area (Å²) >= 11 is 1.53. The molecule has 0 aliphatic heterocycles. The Hall–Kier alpha value is -2.40. The average molecular weight is 365 g/mol. The van der Waals surface area contributed by atoms with Gasteiger partial charge in [-0.1, -0.05) is 54.4 Å². The first-order valence-corrected chi connectivity index (χ1v) is 10.1. The van der Waals surface area contributed by atoms with Crippen LogP contribution in [0.25, 0.3) is 21.7 Å². The lowest BCUT2D eigenvalue weighted by molar-refractivity contribution is 0.462. The Bertz CT molecular complexity index is 897. The van der Waals surface area contributed by atoms with Gasteiger partial charge in [-0.25, -0.2) is 9.97 Å². The molecule has 0 spiro atoms. The minimum absolute atomic E-state index is 0.536. The van der Waals surface area contributed by atoms with E-state index in [1.165, 1.54) is 49.0 Å². The number of aromatic nitrogens is 2.